The van der Waals surface area contributed by atoms with Gasteiger partial charge in [0.25, 0.3) is 11.8 Å². The highest BCUT2D eigenvalue weighted by Crippen LogP contribution is 2.23. The van der Waals surface area contributed by atoms with E-state index in [9.17, 15) is 14.4 Å². The molecule has 0 aliphatic heterocycles. The van der Waals surface area contributed by atoms with Crippen LogP contribution in [0.4, 0.5) is 11.4 Å². The lowest BCUT2D eigenvalue weighted by Crippen LogP contribution is -2.30. The minimum absolute atomic E-state index is 0.128. The number of carbonyl (C=O) groups excluding carboxylic acids is 3. The van der Waals surface area contributed by atoms with Crippen LogP contribution >= 0.6 is 39.0 Å². The van der Waals surface area contributed by atoms with Crippen LogP contribution < -0.4 is 16.0 Å². The number of thioether (sulfide) groups is 1. The molecule has 0 spiro atoms. The molecular weight excluding hydrogens is 570 g/mol. The van der Waals surface area contributed by atoms with Gasteiger partial charge < -0.3 is 16.0 Å². The molecule has 0 aliphatic carbocycles. The summed E-state index contributed by atoms with van der Waals surface area (Å²) in [6.45, 7) is 0. The molecule has 0 radical (unpaired) electrons. The molecule has 3 amide bonds. The van der Waals surface area contributed by atoms with E-state index in [2.05, 4.69) is 31.9 Å². The summed E-state index contributed by atoms with van der Waals surface area (Å²) >= 11 is 6.19. The fourth-order valence-corrected chi connectivity index (χ4v) is 4.88. The van der Waals surface area contributed by atoms with Gasteiger partial charge in [-0.2, -0.15) is 0 Å². The van der Waals surface area contributed by atoms with Crippen molar-refractivity contribution < 1.29 is 14.4 Å². The first kappa shape index (κ1) is 26.4. The molecule has 37 heavy (non-hydrogen) atoms. The lowest BCUT2D eigenvalue weighted by Gasteiger charge is -2.12. The van der Waals surface area contributed by atoms with Gasteiger partial charge in [0, 0.05) is 31.2 Å². The summed E-state index contributed by atoms with van der Waals surface area (Å²) in [5, 5.41) is 10.3. The highest BCUT2D eigenvalue weighted by atomic mass is 79.9. The minimum atomic E-state index is -0.451. The molecule has 3 N–H and O–H groups in total. The Morgan fingerprint density at radius 1 is 0.838 bits per heavy atom. The number of nitrogens with one attached hydrogen (secondary N) is 3. The number of hydrogen-bond acceptors (Lipinski definition) is 5. The van der Waals surface area contributed by atoms with Gasteiger partial charge in [0.15, 0.2) is 0 Å². The Hall–Kier alpha value is -3.66. The number of anilines is 2. The maximum atomic E-state index is 13.1. The fourth-order valence-electron chi connectivity index (χ4n) is 3.20. The van der Waals surface area contributed by atoms with Gasteiger partial charge in [-0.05, 0) is 72.1 Å². The van der Waals surface area contributed by atoms with Gasteiger partial charge in [-0.15, -0.1) is 23.1 Å². The Morgan fingerprint density at radius 2 is 1.62 bits per heavy atom. The molecule has 3 aromatic carbocycles. The zero-order chi connectivity index (χ0) is 26.0. The number of thiophene rings is 1. The fraction of sp³-hybridized carbons (Fsp3) is 0.0357. The van der Waals surface area contributed by atoms with Crippen LogP contribution in [0, 0.1) is 0 Å². The zero-order valence-corrected chi connectivity index (χ0v) is 22.7. The molecule has 1 aromatic heterocycles. The molecule has 9 heteroatoms. The van der Waals surface area contributed by atoms with E-state index in [1.165, 1.54) is 23.1 Å². The van der Waals surface area contributed by atoms with Crippen molar-refractivity contribution in [2.24, 2.45) is 0 Å². The highest BCUT2D eigenvalue weighted by molar-refractivity contribution is 9.10. The second-order valence-corrected chi connectivity index (χ2v) is 10.7. The standard InChI is InChI=1S/C28H22BrN3O3S2/c29-20-11-13-21(14-12-20)30-26(33)18-37-23-9-4-8-22(16-23)31-28(35)25(17-24-10-5-15-36-24)32-27(34)19-6-2-1-3-7-19/h1-17H,18H2,(H,30,33)(H,31,35)(H,32,34)/b25-17-. The van der Waals surface area contributed by atoms with Gasteiger partial charge in [0.1, 0.15) is 5.70 Å². The molecular formula is C28H22BrN3O3S2. The largest absolute Gasteiger partial charge is 0.325 e. The molecule has 0 bridgehead atoms. The number of hydrogen-bond donors (Lipinski definition) is 3. The van der Waals surface area contributed by atoms with E-state index in [-0.39, 0.29) is 23.3 Å². The first-order valence-corrected chi connectivity index (χ1v) is 13.8. The molecule has 0 saturated heterocycles. The molecule has 0 atom stereocenters. The predicted molar refractivity (Wildman–Crippen MR) is 155 cm³/mol. The van der Waals surface area contributed by atoms with Crippen molar-refractivity contribution >= 4 is 74.2 Å². The number of carbonyl (C=O) groups is 3. The van der Waals surface area contributed by atoms with Crippen LogP contribution in [0.5, 0.6) is 0 Å². The molecule has 1 heterocycles. The summed E-state index contributed by atoms with van der Waals surface area (Å²) in [7, 11) is 0. The van der Waals surface area contributed by atoms with Gasteiger partial charge in [0.05, 0.1) is 5.75 Å². The first-order valence-electron chi connectivity index (χ1n) is 11.2. The van der Waals surface area contributed by atoms with Crippen LogP contribution in [0.15, 0.2) is 111 Å². The topological polar surface area (TPSA) is 87.3 Å². The van der Waals surface area contributed by atoms with Gasteiger partial charge >= 0.3 is 0 Å². The normalized spacial score (nSPS) is 11.0. The van der Waals surface area contributed by atoms with Crippen molar-refractivity contribution in [3.63, 3.8) is 0 Å². The Morgan fingerprint density at radius 3 is 2.35 bits per heavy atom. The second kappa shape index (κ2) is 13.0. The number of benzene rings is 3. The summed E-state index contributed by atoms with van der Waals surface area (Å²) < 4.78 is 0.937. The Balaban J connectivity index is 1.40. The van der Waals surface area contributed by atoms with Crippen LogP contribution in [0.25, 0.3) is 6.08 Å². The molecule has 0 unspecified atom stereocenters. The van der Waals surface area contributed by atoms with Gasteiger partial charge in [0.2, 0.25) is 5.91 Å². The molecule has 4 rings (SSSR count). The van der Waals surface area contributed by atoms with Crippen LogP contribution in [-0.2, 0) is 9.59 Å². The van der Waals surface area contributed by atoms with Crippen molar-refractivity contribution in [3.05, 3.63) is 117 Å². The smallest absolute Gasteiger partial charge is 0.272 e. The quantitative estimate of drug-likeness (QED) is 0.150. The lowest BCUT2D eigenvalue weighted by atomic mass is 10.2. The summed E-state index contributed by atoms with van der Waals surface area (Å²) in [6, 6.07) is 27.0. The highest BCUT2D eigenvalue weighted by Gasteiger charge is 2.15. The number of rotatable bonds is 9. The van der Waals surface area contributed by atoms with Gasteiger partial charge in [-0.3, -0.25) is 14.4 Å². The molecule has 6 nitrogen and oxygen atoms in total. The Labute approximate surface area is 231 Å². The van der Waals surface area contributed by atoms with Crippen LogP contribution in [-0.4, -0.2) is 23.5 Å². The summed E-state index contributed by atoms with van der Waals surface area (Å²) in [6.07, 6.45) is 1.64. The number of halogens is 1. The van der Waals surface area contributed by atoms with Crippen molar-refractivity contribution in [3.8, 4) is 0 Å². The van der Waals surface area contributed by atoms with Gasteiger partial charge in [-0.25, -0.2) is 0 Å². The predicted octanol–water partition coefficient (Wildman–Crippen LogP) is 6.65. The zero-order valence-electron chi connectivity index (χ0n) is 19.4. The number of amides is 3. The maximum Gasteiger partial charge on any atom is 0.272 e. The Kier molecular flexibility index (Phi) is 9.31. The molecule has 0 saturated carbocycles. The van der Waals surface area contributed by atoms with Gasteiger partial charge in [-0.1, -0.05) is 46.3 Å². The summed E-state index contributed by atoms with van der Waals surface area (Å²) in [5.74, 6) is -0.747. The minimum Gasteiger partial charge on any atom is -0.325 e. The van der Waals surface area contributed by atoms with E-state index in [0.29, 0.717) is 11.3 Å². The van der Waals surface area contributed by atoms with Crippen molar-refractivity contribution in [1.29, 1.82) is 0 Å². The van der Waals surface area contributed by atoms with Crippen molar-refractivity contribution in [2.75, 3.05) is 16.4 Å². The molecule has 4 aromatic rings. The van der Waals surface area contributed by atoms with Crippen LogP contribution in [0.3, 0.4) is 0 Å². The van der Waals surface area contributed by atoms with Crippen LogP contribution in [0.2, 0.25) is 0 Å². The average Bonchev–Trinajstić information content (AvgIpc) is 3.42. The van der Waals surface area contributed by atoms with E-state index in [0.717, 1.165) is 19.9 Å². The first-order chi connectivity index (χ1) is 18.0. The van der Waals surface area contributed by atoms with E-state index in [1.807, 2.05) is 53.9 Å². The molecule has 0 fully saturated rings. The summed E-state index contributed by atoms with van der Waals surface area (Å²) in [5.41, 5.74) is 1.85. The third-order valence-electron chi connectivity index (χ3n) is 4.95. The van der Waals surface area contributed by atoms with Crippen molar-refractivity contribution in [1.82, 2.24) is 5.32 Å². The van der Waals surface area contributed by atoms with E-state index >= 15 is 0 Å². The Bertz CT molecular complexity index is 1410. The SMILES string of the molecule is O=C(CSc1cccc(NC(=O)/C(=C/c2cccs2)NC(=O)c2ccccc2)c1)Nc1ccc(Br)cc1. The maximum absolute atomic E-state index is 13.1. The van der Waals surface area contributed by atoms with Crippen molar-refractivity contribution in [2.45, 2.75) is 4.90 Å². The van der Waals surface area contributed by atoms with Crippen LogP contribution in [0.1, 0.15) is 15.2 Å². The third-order valence-corrected chi connectivity index (χ3v) is 7.29. The molecule has 0 aliphatic rings. The van der Waals surface area contributed by atoms with E-state index in [1.54, 1.807) is 48.5 Å². The second-order valence-electron chi connectivity index (χ2n) is 7.72. The monoisotopic (exact) mass is 591 g/mol. The lowest BCUT2D eigenvalue weighted by molar-refractivity contribution is -0.114. The average molecular weight is 593 g/mol. The summed E-state index contributed by atoms with van der Waals surface area (Å²) in [4.78, 5) is 39.9. The molecule has 186 valence electrons. The third kappa shape index (κ3) is 8.18. The van der Waals surface area contributed by atoms with E-state index < -0.39 is 5.91 Å². The van der Waals surface area contributed by atoms with E-state index in [4.69, 9.17) is 0 Å².